The van der Waals surface area contributed by atoms with Gasteiger partial charge in [-0.05, 0) is 86.3 Å². The van der Waals surface area contributed by atoms with Gasteiger partial charge in [0.15, 0.2) is 0 Å². The number of carbonyl (C=O) groups excluding carboxylic acids is 1. The van der Waals surface area contributed by atoms with Crippen LogP contribution in [0.1, 0.15) is 62.0 Å². The second-order valence-corrected chi connectivity index (χ2v) is 13.1. The highest BCUT2D eigenvalue weighted by Gasteiger charge is 2.28. The van der Waals surface area contributed by atoms with Crippen LogP contribution in [-0.2, 0) is 0 Å². The molecule has 4 aromatic rings. The lowest BCUT2D eigenvalue weighted by Crippen LogP contribution is -2.40. The first-order valence-electron chi connectivity index (χ1n) is 15.8. The van der Waals surface area contributed by atoms with Gasteiger partial charge in [-0.3, -0.25) is 9.97 Å². The topological polar surface area (TPSA) is 84.1 Å². The molecule has 4 aliphatic rings. The van der Waals surface area contributed by atoms with Gasteiger partial charge < -0.3 is 16.0 Å². The van der Waals surface area contributed by atoms with E-state index in [9.17, 15) is 4.79 Å². The molecule has 0 unspecified atom stereocenters. The predicted octanol–water partition coefficient (Wildman–Crippen LogP) is 8.28. The van der Waals surface area contributed by atoms with Crippen LogP contribution in [0.25, 0.3) is 11.1 Å². The van der Waals surface area contributed by atoms with Gasteiger partial charge in [-0.2, -0.15) is 0 Å². The molecule has 2 aromatic carbocycles. The summed E-state index contributed by atoms with van der Waals surface area (Å²) < 4.78 is 0. The molecule has 6 heterocycles. The molecule has 0 spiro atoms. The van der Waals surface area contributed by atoms with Gasteiger partial charge in [0.25, 0.3) is 0 Å². The highest BCUT2D eigenvalue weighted by Crippen LogP contribution is 2.47. The summed E-state index contributed by atoms with van der Waals surface area (Å²) in [4.78, 5) is 27.5. The number of amides is 2. The van der Waals surface area contributed by atoms with E-state index in [1.54, 1.807) is 22.2 Å². The summed E-state index contributed by atoms with van der Waals surface area (Å²) in [5, 5.41) is 3.44. The molecule has 230 valence electrons. The number of nitrogens with one attached hydrogen (secondary N) is 1. The van der Waals surface area contributed by atoms with Gasteiger partial charge in [0.1, 0.15) is 0 Å². The molecule has 0 radical (unpaired) electrons. The first-order chi connectivity index (χ1) is 22.2. The van der Waals surface area contributed by atoms with Crippen molar-refractivity contribution in [2.24, 2.45) is 5.73 Å². The van der Waals surface area contributed by atoms with Crippen molar-refractivity contribution in [3.63, 3.8) is 0 Å². The summed E-state index contributed by atoms with van der Waals surface area (Å²) in [5.74, 6) is 0. The van der Waals surface area contributed by atoms with Crippen molar-refractivity contribution < 1.29 is 4.79 Å². The molecule has 0 aliphatic carbocycles. The molecule has 2 aromatic heterocycles. The Balaban J connectivity index is 0.000000152. The summed E-state index contributed by atoms with van der Waals surface area (Å²) in [7, 11) is 0. The number of nitrogens with two attached hydrogens (primary N) is 1. The van der Waals surface area contributed by atoms with Crippen LogP contribution in [0.3, 0.4) is 0 Å². The molecule has 0 atom stereocenters. The second-order valence-electron chi connectivity index (χ2n) is 10.9. The minimum atomic E-state index is -0.327. The molecule has 2 fully saturated rings. The Morgan fingerprint density at radius 1 is 0.667 bits per heavy atom. The number of hydrogen-bond donors (Lipinski definition) is 2. The SMILES string of the molecule is CC.NC(=O)N1CCC(=C2c3ccccc3Sc3cccnc32)CC1.c1ccc2c(c1)Sc1cccnc1C2=C1CCNCC1. The third-order valence-electron chi connectivity index (χ3n) is 8.36. The van der Waals surface area contributed by atoms with E-state index in [2.05, 4.69) is 75.9 Å². The summed E-state index contributed by atoms with van der Waals surface area (Å²) in [5.41, 5.74) is 15.8. The standard InChI is InChI=1S/C18H17N3OS.C17H16N2S.C2H6/c19-18(22)21-10-7-12(8-11-21)16-13-4-1-2-5-14(13)23-15-6-3-9-20-17(15)16;1-2-5-14-13(4-1)16(12-7-10-18-11-8-12)17-15(20-14)6-3-9-19-17;1-2/h1-6,9H,7-8,10-11H2,(H2,19,22);1-6,9,18H,7-8,10-11H2;1-2H3. The number of carbonyl (C=O) groups is 1. The van der Waals surface area contributed by atoms with Gasteiger partial charge in [-0.25, -0.2) is 4.79 Å². The minimum absolute atomic E-state index is 0.327. The maximum absolute atomic E-state index is 11.4. The first kappa shape index (κ1) is 31.1. The van der Waals surface area contributed by atoms with Crippen LogP contribution in [-0.4, -0.2) is 47.1 Å². The fourth-order valence-corrected chi connectivity index (χ4v) is 8.40. The summed E-state index contributed by atoms with van der Waals surface area (Å²) >= 11 is 3.61. The molecule has 0 bridgehead atoms. The molecule has 8 heteroatoms. The number of fused-ring (bicyclic) bond motifs is 4. The minimum Gasteiger partial charge on any atom is -0.351 e. The lowest BCUT2D eigenvalue weighted by atomic mass is 9.90. The second kappa shape index (κ2) is 14.5. The van der Waals surface area contributed by atoms with E-state index in [1.807, 2.05) is 50.1 Å². The Hall–Kier alpha value is -3.85. The monoisotopic (exact) mass is 633 g/mol. The van der Waals surface area contributed by atoms with E-state index in [1.165, 1.54) is 53.1 Å². The lowest BCUT2D eigenvalue weighted by molar-refractivity contribution is 0.203. The first-order valence-corrected chi connectivity index (χ1v) is 17.4. The number of pyridine rings is 2. The third kappa shape index (κ3) is 6.59. The van der Waals surface area contributed by atoms with Crippen molar-refractivity contribution in [1.82, 2.24) is 20.2 Å². The maximum atomic E-state index is 11.4. The van der Waals surface area contributed by atoms with Gasteiger partial charge >= 0.3 is 6.03 Å². The van der Waals surface area contributed by atoms with E-state index < -0.39 is 0 Å². The van der Waals surface area contributed by atoms with Gasteiger partial charge in [0.2, 0.25) is 0 Å². The van der Waals surface area contributed by atoms with Crippen LogP contribution in [0.5, 0.6) is 0 Å². The highest BCUT2D eigenvalue weighted by molar-refractivity contribution is 7.99. The number of aromatic nitrogens is 2. The Morgan fingerprint density at radius 3 is 1.60 bits per heavy atom. The average molecular weight is 634 g/mol. The van der Waals surface area contributed by atoms with E-state index in [0.717, 1.165) is 44.5 Å². The molecule has 0 saturated carbocycles. The van der Waals surface area contributed by atoms with Gasteiger partial charge in [0, 0.05) is 56.2 Å². The largest absolute Gasteiger partial charge is 0.351 e. The Labute approximate surface area is 274 Å². The van der Waals surface area contributed by atoms with E-state index >= 15 is 0 Å². The molecule has 6 nitrogen and oxygen atoms in total. The maximum Gasteiger partial charge on any atom is 0.314 e. The number of benzene rings is 2. The van der Waals surface area contributed by atoms with Gasteiger partial charge in [-0.15, -0.1) is 0 Å². The number of hydrogen-bond acceptors (Lipinski definition) is 6. The molecule has 8 rings (SSSR count). The zero-order valence-corrected chi connectivity index (χ0v) is 27.5. The smallest absolute Gasteiger partial charge is 0.314 e. The Morgan fingerprint density at radius 2 is 1.11 bits per heavy atom. The van der Waals surface area contributed by atoms with Crippen molar-refractivity contribution >= 4 is 40.7 Å². The quantitative estimate of drug-likeness (QED) is 0.175. The number of likely N-dealkylation sites (tertiary alicyclic amines) is 1. The number of piperidine rings is 2. The zero-order valence-electron chi connectivity index (χ0n) is 25.9. The normalized spacial score (nSPS) is 16.5. The molecular weight excluding hydrogens is 595 g/mol. The average Bonchev–Trinajstić information content (AvgIpc) is 3.11. The van der Waals surface area contributed by atoms with Crippen molar-refractivity contribution in [2.45, 2.75) is 59.1 Å². The van der Waals surface area contributed by atoms with Crippen LogP contribution < -0.4 is 11.1 Å². The van der Waals surface area contributed by atoms with E-state index in [-0.39, 0.29) is 6.03 Å². The number of urea groups is 1. The predicted molar refractivity (Wildman–Crippen MR) is 185 cm³/mol. The number of rotatable bonds is 0. The Bertz CT molecular complexity index is 1650. The fraction of sp³-hybridized carbons (Fsp3) is 0.270. The third-order valence-corrected chi connectivity index (χ3v) is 10.6. The summed E-state index contributed by atoms with van der Waals surface area (Å²) in [6.45, 7) is 7.53. The molecule has 2 amide bonds. The van der Waals surface area contributed by atoms with Crippen LogP contribution in [0.2, 0.25) is 0 Å². The molecule has 4 aliphatic heterocycles. The molecule has 3 N–H and O–H groups in total. The summed E-state index contributed by atoms with van der Waals surface area (Å²) in [6.07, 6.45) is 7.73. The number of primary amides is 1. The molecule has 45 heavy (non-hydrogen) atoms. The van der Waals surface area contributed by atoms with E-state index in [4.69, 9.17) is 5.73 Å². The molecule has 2 saturated heterocycles. The van der Waals surface area contributed by atoms with Crippen LogP contribution in [0.15, 0.2) is 116 Å². The van der Waals surface area contributed by atoms with Crippen LogP contribution in [0, 0.1) is 0 Å². The van der Waals surface area contributed by atoms with Crippen molar-refractivity contribution in [3.05, 3.63) is 119 Å². The lowest BCUT2D eigenvalue weighted by Gasteiger charge is -2.30. The van der Waals surface area contributed by atoms with Crippen LogP contribution in [0.4, 0.5) is 4.79 Å². The number of nitrogens with zero attached hydrogens (tertiary/aromatic N) is 3. The van der Waals surface area contributed by atoms with Gasteiger partial charge in [-0.1, -0.05) is 84.9 Å². The van der Waals surface area contributed by atoms with Crippen molar-refractivity contribution in [1.29, 1.82) is 0 Å². The zero-order chi connectivity index (χ0) is 31.2. The highest BCUT2D eigenvalue weighted by atomic mass is 32.2. The fourth-order valence-electron chi connectivity index (χ4n) is 6.28. The van der Waals surface area contributed by atoms with Crippen molar-refractivity contribution in [2.75, 3.05) is 26.2 Å². The van der Waals surface area contributed by atoms with E-state index in [0.29, 0.717) is 13.1 Å². The van der Waals surface area contributed by atoms with Gasteiger partial charge in [0.05, 0.1) is 11.4 Å². The van der Waals surface area contributed by atoms with Crippen LogP contribution >= 0.6 is 23.5 Å². The van der Waals surface area contributed by atoms with Crippen molar-refractivity contribution in [3.8, 4) is 0 Å². The molecular formula is C37H39N5OS2. The summed E-state index contributed by atoms with van der Waals surface area (Å²) in [6, 6.07) is 25.2. The Kier molecular flexibility index (Phi) is 10.0.